The van der Waals surface area contributed by atoms with E-state index in [0.717, 1.165) is 11.1 Å². The van der Waals surface area contributed by atoms with Gasteiger partial charge in [0.1, 0.15) is 18.1 Å². The minimum absolute atomic E-state index is 0.130. The first-order chi connectivity index (χ1) is 18.2. The highest BCUT2D eigenvalue weighted by Gasteiger charge is 2.36. The number of ether oxygens (including phenoxy) is 1. The van der Waals surface area contributed by atoms with Gasteiger partial charge in [0, 0.05) is 43.9 Å². The monoisotopic (exact) mass is 581 g/mol. The Bertz CT molecular complexity index is 1360. The minimum Gasteiger partial charge on any atom is -0.593 e. The van der Waals surface area contributed by atoms with Crippen molar-refractivity contribution in [2.45, 2.75) is 32.3 Å². The molecule has 3 heterocycles. The van der Waals surface area contributed by atoms with Crippen LogP contribution >= 0.6 is 11.6 Å². The Morgan fingerprint density at radius 3 is 2.31 bits per heavy atom. The van der Waals surface area contributed by atoms with Crippen LogP contribution in [0.1, 0.15) is 36.8 Å². The molecule has 4 rings (SSSR count). The van der Waals surface area contributed by atoms with E-state index in [1.807, 2.05) is 0 Å². The summed E-state index contributed by atoms with van der Waals surface area (Å²) in [6, 6.07) is 2.87. The molecule has 2 aromatic rings. The third-order valence-corrected chi connectivity index (χ3v) is 7.19. The predicted molar refractivity (Wildman–Crippen MR) is 139 cm³/mol. The van der Waals surface area contributed by atoms with Crippen LogP contribution in [0.2, 0.25) is 5.02 Å². The zero-order valence-corrected chi connectivity index (χ0v) is 22.9. The summed E-state index contributed by atoms with van der Waals surface area (Å²) in [4.78, 5) is 44.4. The zero-order chi connectivity index (χ0) is 28.6. The SMILES string of the molecule is CC(C)(C)C(=O)Nc1cc(Cl)cnc1COC(=O)N1CC2=C(C1)CN(C(=O)c1cc(F)c([S+](N)[O-])cc1F)C2. The molecule has 3 N–H and O–H groups in total. The van der Waals surface area contributed by atoms with Crippen molar-refractivity contribution >= 4 is 46.6 Å². The molecule has 2 aliphatic heterocycles. The maximum Gasteiger partial charge on any atom is 0.410 e. The van der Waals surface area contributed by atoms with Crippen LogP contribution in [0.25, 0.3) is 0 Å². The number of carbonyl (C=O) groups is 3. The van der Waals surface area contributed by atoms with E-state index in [0.29, 0.717) is 28.5 Å². The molecule has 0 saturated carbocycles. The molecule has 208 valence electrons. The highest BCUT2D eigenvalue weighted by Crippen LogP contribution is 2.29. The molecule has 14 heteroatoms. The number of nitrogens with two attached hydrogens (primary N) is 1. The molecule has 0 radical (unpaired) electrons. The Kier molecular flexibility index (Phi) is 8.17. The Morgan fingerprint density at radius 1 is 1.10 bits per heavy atom. The second-order valence-electron chi connectivity index (χ2n) is 10.2. The second kappa shape index (κ2) is 11.1. The Morgan fingerprint density at radius 2 is 1.72 bits per heavy atom. The van der Waals surface area contributed by atoms with E-state index in [2.05, 4.69) is 10.3 Å². The lowest BCUT2D eigenvalue weighted by Crippen LogP contribution is -2.37. The van der Waals surface area contributed by atoms with Crippen molar-refractivity contribution in [3.05, 3.63) is 63.5 Å². The molecule has 1 atom stereocenters. The first-order valence-electron chi connectivity index (χ1n) is 11.8. The summed E-state index contributed by atoms with van der Waals surface area (Å²) in [5.74, 6) is -3.05. The zero-order valence-electron chi connectivity index (χ0n) is 21.3. The topological polar surface area (TPSA) is 141 Å². The van der Waals surface area contributed by atoms with Gasteiger partial charge < -0.3 is 24.4 Å². The number of rotatable bonds is 5. The number of anilines is 1. The van der Waals surface area contributed by atoms with Gasteiger partial charge in [0.25, 0.3) is 5.91 Å². The average Bonchev–Trinajstić information content (AvgIpc) is 3.43. The number of aromatic nitrogens is 1. The largest absolute Gasteiger partial charge is 0.593 e. The number of hydrogen-bond acceptors (Lipinski definition) is 7. The van der Waals surface area contributed by atoms with Crippen molar-refractivity contribution in [3.63, 3.8) is 0 Å². The lowest BCUT2D eigenvalue weighted by molar-refractivity contribution is -0.123. The molecule has 0 bridgehead atoms. The summed E-state index contributed by atoms with van der Waals surface area (Å²) < 4.78 is 45.3. The number of carbonyl (C=O) groups excluding carboxylic acids is 3. The molecular weight excluding hydrogens is 556 g/mol. The van der Waals surface area contributed by atoms with Crippen molar-refractivity contribution in [2.75, 3.05) is 31.5 Å². The number of halogens is 3. The van der Waals surface area contributed by atoms with Gasteiger partial charge in [-0.3, -0.25) is 14.6 Å². The fraction of sp³-hybridized carbons (Fsp3) is 0.360. The van der Waals surface area contributed by atoms with Crippen LogP contribution in [0, 0.1) is 17.0 Å². The first kappa shape index (κ1) is 28.7. The van der Waals surface area contributed by atoms with Gasteiger partial charge in [-0.15, -0.1) is 5.14 Å². The molecule has 0 saturated heterocycles. The molecule has 39 heavy (non-hydrogen) atoms. The summed E-state index contributed by atoms with van der Waals surface area (Å²) >= 11 is 3.79. The van der Waals surface area contributed by atoms with Crippen LogP contribution < -0.4 is 10.5 Å². The van der Waals surface area contributed by atoms with Crippen molar-refractivity contribution in [1.29, 1.82) is 0 Å². The Balaban J connectivity index is 1.34. The van der Waals surface area contributed by atoms with Crippen LogP contribution in [-0.2, 0) is 27.5 Å². The van der Waals surface area contributed by atoms with Gasteiger partial charge in [0.2, 0.25) is 10.8 Å². The van der Waals surface area contributed by atoms with E-state index < -0.39 is 50.9 Å². The molecule has 0 aliphatic carbocycles. The molecule has 1 aromatic heterocycles. The van der Waals surface area contributed by atoms with Crippen molar-refractivity contribution in [1.82, 2.24) is 14.8 Å². The van der Waals surface area contributed by atoms with Gasteiger partial charge in [-0.05, 0) is 23.3 Å². The van der Waals surface area contributed by atoms with Gasteiger partial charge in [-0.1, -0.05) is 32.4 Å². The highest BCUT2D eigenvalue weighted by atomic mass is 35.5. The van der Waals surface area contributed by atoms with Crippen molar-refractivity contribution in [3.8, 4) is 0 Å². The van der Waals surface area contributed by atoms with Crippen LogP contribution in [-0.4, -0.2) is 63.4 Å². The number of nitrogens with one attached hydrogen (secondary N) is 1. The van der Waals surface area contributed by atoms with Crippen LogP contribution in [0.15, 0.2) is 40.4 Å². The van der Waals surface area contributed by atoms with Crippen LogP contribution in [0.4, 0.5) is 19.3 Å². The molecule has 1 aromatic carbocycles. The summed E-state index contributed by atoms with van der Waals surface area (Å²) in [6.07, 6.45) is 0.762. The summed E-state index contributed by atoms with van der Waals surface area (Å²) in [7, 11) is 0. The summed E-state index contributed by atoms with van der Waals surface area (Å²) in [5.41, 5.74) is 1.08. The first-order valence-corrected chi connectivity index (χ1v) is 13.4. The quantitative estimate of drug-likeness (QED) is 0.407. The predicted octanol–water partition coefficient (Wildman–Crippen LogP) is 3.38. The fourth-order valence-electron chi connectivity index (χ4n) is 4.09. The lowest BCUT2D eigenvalue weighted by atomic mass is 9.95. The molecular formula is C25H26ClF2N5O5S. The third-order valence-electron chi connectivity index (χ3n) is 6.24. The number of pyridine rings is 1. The smallest absolute Gasteiger partial charge is 0.410 e. The maximum absolute atomic E-state index is 14.4. The molecule has 0 fully saturated rings. The third kappa shape index (κ3) is 6.32. The lowest BCUT2D eigenvalue weighted by Gasteiger charge is -2.23. The molecule has 1 unspecified atom stereocenters. The Hall–Kier alpha value is -3.26. The van der Waals surface area contributed by atoms with Gasteiger partial charge >= 0.3 is 6.09 Å². The van der Waals surface area contributed by atoms with Crippen molar-refractivity contribution < 1.29 is 32.5 Å². The minimum atomic E-state index is -2.24. The van der Waals surface area contributed by atoms with Gasteiger partial charge in [-0.2, -0.15) is 0 Å². The summed E-state index contributed by atoms with van der Waals surface area (Å²) in [6.45, 7) is 5.70. The number of hydrogen-bond donors (Lipinski definition) is 2. The van der Waals surface area contributed by atoms with Crippen LogP contribution in [0.5, 0.6) is 0 Å². The molecule has 3 amide bonds. The maximum atomic E-state index is 14.4. The number of nitrogens with zero attached hydrogens (tertiary/aromatic N) is 3. The molecule has 10 nitrogen and oxygen atoms in total. The number of benzene rings is 1. The highest BCUT2D eigenvalue weighted by molar-refractivity contribution is 7.89. The average molecular weight is 582 g/mol. The fourth-order valence-corrected chi connectivity index (χ4v) is 4.72. The molecule has 0 spiro atoms. The standard InChI is InChI=1S/C25H26ClF2N5O5S/c1-25(2,3)23(35)31-19-4-15(26)7-30-20(19)12-38-24(36)33-10-13-8-32(9-14(13)11-33)22(34)16-5-18(28)21(39(29)37)6-17(16)27/h4-7H,8-12,29H2,1-3H3,(H,31,35). The van der Waals surface area contributed by atoms with E-state index in [-0.39, 0.29) is 38.7 Å². The van der Waals surface area contributed by atoms with E-state index in [1.54, 1.807) is 20.8 Å². The van der Waals surface area contributed by atoms with Gasteiger partial charge in [0.05, 0.1) is 27.6 Å². The van der Waals surface area contributed by atoms with E-state index >= 15 is 0 Å². The molecule has 2 aliphatic rings. The van der Waals surface area contributed by atoms with Gasteiger partial charge in [-0.25, -0.2) is 13.6 Å². The Labute approximate surface area is 231 Å². The van der Waals surface area contributed by atoms with Crippen LogP contribution in [0.3, 0.4) is 0 Å². The second-order valence-corrected chi connectivity index (χ2v) is 11.7. The van der Waals surface area contributed by atoms with Gasteiger partial charge in [0.15, 0.2) is 5.82 Å². The van der Waals surface area contributed by atoms with E-state index in [4.69, 9.17) is 21.5 Å². The normalized spacial score (nSPS) is 15.9. The van der Waals surface area contributed by atoms with E-state index in [1.165, 1.54) is 22.1 Å². The van der Waals surface area contributed by atoms with Crippen molar-refractivity contribution in [2.24, 2.45) is 10.6 Å². The van der Waals surface area contributed by atoms with E-state index in [9.17, 15) is 27.7 Å². The summed E-state index contributed by atoms with van der Waals surface area (Å²) in [5, 5.41) is 8.19. The number of amides is 3.